The monoisotopic (exact) mass is 234 g/mol. The Balaban J connectivity index is 2.52. The fourth-order valence-electron chi connectivity index (χ4n) is 1.76. The molecule has 0 unspecified atom stereocenters. The molecule has 90 valence electrons. The summed E-state index contributed by atoms with van der Waals surface area (Å²) in [5.74, 6) is 1.82. The third-order valence-corrected chi connectivity index (χ3v) is 2.68. The van der Waals surface area contributed by atoms with E-state index in [1.165, 1.54) is 6.92 Å². The number of carbonyl (C=O) groups is 1. The fourth-order valence-corrected chi connectivity index (χ4v) is 1.76. The molecule has 0 saturated heterocycles. The number of hydrogen-bond acceptors (Lipinski definition) is 4. The standard InChI is InChI=1S/C13H14O4/c1-8(14)10-6-9-4-5-11(15-2)13(16-3)12(9)17-7-10/h4-6H,7H2,1-3H3. The molecule has 4 heteroatoms. The number of rotatable bonds is 3. The van der Waals surface area contributed by atoms with Gasteiger partial charge in [-0.3, -0.25) is 4.79 Å². The minimum atomic E-state index is 0.0189. The minimum absolute atomic E-state index is 0.0189. The first-order valence-electron chi connectivity index (χ1n) is 5.26. The molecule has 0 amide bonds. The average Bonchev–Trinajstić information content (AvgIpc) is 2.36. The Morgan fingerprint density at radius 3 is 2.65 bits per heavy atom. The van der Waals surface area contributed by atoms with Crippen LogP contribution in [0.4, 0.5) is 0 Å². The summed E-state index contributed by atoms with van der Waals surface area (Å²) < 4.78 is 16.0. The van der Waals surface area contributed by atoms with Crippen molar-refractivity contribution in [3.05, 3.63) is 23.3 Å². The Morgan fingerprint density at radius 2 is 2.06 bits per heavy atom. The number of ether oxygens (including phenoxy) is 3. The van der Waals surface area contributed by atoms with E-state index in [1.54, 1.807) is 20.3 Å². The van der Waals surface area contributed by atoms with Crippen LogP contribution >= 0.6 is 0 Å². The highest BCUT2D eigenvalue weighted by Crippen LogP contribution is 2.42. The molecule has 17 heavy (non-hydrogen) atoms. The maximum absolute atomic E-state index is 11.3. The van der Waals surface area contributed by atoms with Crippen molar-refractivity contribution in [2.45, 2.75) is 6.92 Å². The van der Waals surface area contributed by atoms with Gasteiger partial charge in [-0.15, -0.1) is 0 Å². The SMILES string of the molecule is COc1ccc2c(c1OC)OCC(C(C)=O)=C2. The summed E-state index contributed by atoms with van der Waals surface area (Å²) in [6, 6.07) is 3.64. The second kappa shape index (κ2) is 4.49. The summed E-state index contributed by atoms with van der Waals surface area (Å²) in [4.78, 5) is 11.3. The third kappa shape index (κ3) is 1.98. The van der Waals surface area contributed by atoms with Gasteiger partial charge in [0.05, 0.1) is 14.2 Å². The van der Waals surface area contributed by atoms with E-state index in [4.69, 9.17) is 14.2 Å². The first-order valence-corrected chi connectivity index (χ1v) is 5.26. The Bertz CT molecular complexity index is 488. The number of fused-ring (bicyclic) bond motifs is 1. The maximum atomic E-state index is 11.3. The van der Waals surface area contributed by atoms with Crippen molar-refractivity contribution in [1.29, 1.82) is 0 Å². The lowest BCUT2D eigenvalue weighted by Crippen LogP contribution is -2.13. The van der Waals surface area contributed by atoms with Gasteiger partial charge in [-0.05, 0) is 25.1 Å². The van der Waals surface area contributed by atoms with Gasteiger partial charge in [-0.1, -0.05) is 0 Å². The number of ketones is 1. The van der Waals surface area contributed by atoms with E-state index in [2.05, 4.69) is 0 Å². The van der Waals surface area contributed by atoms with Crippen LogP contribution in [0.5, 0.6) is 17.2 Å². The number of carbonyl (C=O) groups excluding carboxylic acids is 1. The van der Waals surface area contributed by atoms with E-state index in [0.29, 0.717) is 22.8 Å². The van der Waals surface area contributed by atoms with Gasteiger partial charge in [0.15, 0.2) is 17.3 Å². The molecule has 4 nitrogen and oxygen atoms in total. The number of methoxy groups -OCH3 is 2. The highest BCUT2D eigenvalue weighted by molar-refractivity contribution is 5.99. The van der Waals surface area contributed by atoms with Gasteiger partial charge < -0.3 is 14.2 Å². The van der Waals surface area contributed by atoms with E-state index in [-0.39, 0.29) is 12.4 Å². The highest BCUT2D eigenvalue weighted by Gasteiger charge is 2.21. The minimum Gasteiger partial charge on any atom is -0.493 e. The lowest BCUT2D eigenvalue weighted by atomic mass is 10.0. The van der Waals surface area contributed by atoms with Crippen LogP contribution in [0, 0.1) is 0 Å². The Hall–Kier alpha value is -1.97. The van der Waals surface area contributed by atoms with Crippen molar-refractivity contribution in [2.24, 2.45) is 0 Å². The molecule has 0 N–H and O–H groups in total. The van der Waals surface area contributed by atoms with E-state index >= 15 is 0 Å². The summed E-state index contributed by atoms with van der Waals surface area (Å²) in [7, 11) is 3.13. The van der Waals surface area contributed by atoms with Crippen LogP contribution in [-0.4, -0.2) is 26.6 Å². The molecule has 0 spiro atoms. The summed E-state index contributed by atoms with van der Waals surface area (Å²) in [5, 5.41) is 0. The second-order valence-electron chi connectivity index (χ2n) is 3.73. The third-order valence-electron chi connectivity index (χ3n) is 2.68. The highest BCUT2D eigenvalue weighted by atomic mass is 16.5. The van der Waals surface area contributed by atoms with E-state index in [1.807, 2.05) is 12.1 Å². The van der Waals surface area contributed by atoms with Gasteiger partial charge >= 0.3 is 0 Å². The molecule has 0 bridgehead atoms. The molecule has 1 aromatic rings. The molecule has 0 aromatic heterocycles. The lowest BCUT2D eigenvalue weighted by molar-refractivity contribution is -0.113. The van der Waals surface area contributed by atoms with Crippen LogP contribution in [-0.2, 0) is 4.79 Å². The summed E-state index contributed by atoms with van der Waals surface area (Å²) in [5.41, 5.74) is 1.49. The number of Topliss-reactive ketones (excluding diaryl/α,β-unsaturated/α-hetero) is 1. The van der Waals surface area contributed by atoms with Crippen LogP contribution in [0.2, 0.25) is 0 Å². The zero-order chi connectivity index (χ0) is 12.4. The topological polar surface area (TPSA) is 44.8 Å². The van der Waals surface area contributed by atoms with E-state index in [0.717, 1.165) is 5.56 Å². The molecule has 2 rings (SSSR count). The van der Waals surface area contributed by atoms with Crippen LogP contribution in [0.15, 0.2) is 17.7 Å². The van der Waals surface area contributed by atoms with Crippen molar-refractivity contribution in [3.8, 4) is 17.2 Å². The van der Waals surface area contributed by atoms with Gasteiger partial charge in [-0.2, -0.15) is 0 Å². The van der Waals surface area contributed by atoms with Crippen LogP contribution in [0.25, 0.3) is 6.08 Å². The predicted octanol–water partition coefficient (Wildman–Crippen LogP) is 2.07. The molecule has 1 aliphatic heterocycles. The van der Waals surface area contributed by atoms with Gasteiger partial charge in [0.25, 0.3) is 0 Å². The molecule has 1 heterocycles. The molecule has 0 saturated carbocycles. The van der Waals surface area contributed by atoms with Crippen molar-refractivity contribution in [3.63, 3.8) is 0 Å². The number of benzene rings is 1. The van der Waals surface area contributed by atoms with Gasteiger partial charge in [0, 0.05) is 11.1 Å². The molecular formula is C13H14O4. The molecule has 0 radical (unpaired) electrons. The quantitative estimate of drug-likeness (QED) is 0.803. The first-order chi connectivity index (χ1) is 8.17. The fraction of sp³-hybridized carbons (Fsp3) is 0.308. The van der Waals surface area contributed by atoms with Crippen LogP contribution < -0.4 is 14.2 Å². The summed E-state index contributed by atoms with van der Waals surface area (Å²) >= 11 is 0. The largest absolute Gasteiger partial charge is 0.493 e. The number of hydrogen-bond donors (Lipinski definition) is 0. The smallest absolute Gasteiger partial charge is 0.203 e. The van der Waals surface area contributed by atoms with Crippen LogP contribution in [0.3, 0.4) is 0 Å². The normalized spacial score (nSPS) is 13.2. The zero-order valence-electron chi connectivity index (χ0n) is 10.1. The van der Waals surface area contributed by atoms with Crippen LogP contribution in [0.1, 0.15) is 12.5 Å². The summed E-state index contributed by atoms with van der Waals surface area (Å²) in [6.45, 7) is 1.80. The Labute approximate surface area is 99.8 Å². The Kier molecular flexibility index (Phi) is 3.04. The average molecular weight is 234 g/mol. The molecule has 0 atom stereocenters. The van der Waals surface area contributed by atoms with Crippen molar-refractivity contribution in [2.75, 3.05) is 20.8 Å². The predicted molar refractivity (Wildman–Crippen MR) is 63.7 cm³/mol. The Morgan fingerprint density at radius 1 is 1.29 bits per heavy atom. The molecule has 1 aliphatic rings. The van der Waals surface area contributed by atoms with E-state index in [9.17, 15) is 4.79 Å². The van der Waals surface area contributed by atoms with Crippen molar-refractivity contribution >= 4 is 11.9 Å². The van der Waals surface area contributed by atoms with E-state index < -0.39 is 0 Å². The lowest BCUT2D eigenvalue weighted by Gasteiger charge is -2.20. The molecule has 1 aromatic carbocycles. The molecule has 0 fully saturated rings. The first kappa shape index (κ1) is 11.5. The molecular weight excluding hydrogens is 220 g/mol. The van der Waals surface area contributed by atoms with Crippen molar-refractivity contribution < 1.29 is 19.0 Å². The zero-order valence-corrected chi connectivity index (χ0v) is 10.1. The van der Waals surface area contributed by atoms with Gasteiger partial charge in [-0.25, -0.2) is 0 Å². The maximum Gasteiger partial charge on any atom is 0.203 e. The van der Waals surface area contributed by atoms with Gasteiger partial charge in [0.1, 0.15) is 6.61 Å². The van der Waals surface area contributed by atoms with Gasteiger partial charge in [0.2, 0.25) is 5.75 Å². The summed E-state index contributed by atoms with van der Waals surface area (Å²) in [6.07, 6.45) is 1.82. The second-order valence-corrected chi connectivity index (χ2v) is 3.73. The molecule has 0 aliphatic carbocycles. The van der Waals surface area contributed by atoms with Crippen molar-refractivity contribution in [1.82, 2.24) is 0 Å².